The molecule has 0 aromatic carbocycles. The molecule has 1 aromatic rings. The van der Waals surface area contributed by atoms with Crippen LogP contribution in [-0.2, 0) is 22.0 Å². The normalized spacial score (nSPS) is 9.42. The van der Waals surface area contributed by atoms with E-state index in [1.165, 1.54) is 0 Å². The summed E-state index contributed by atoms with van der Waals surface area (Å²) in [5.41, 5.74) is 1.49. The Labute approximate surface area is 75.3 Å². The molecule has 0 aliphatic carbocycles. The summed E-state index contributed by atoms with van der Waals surface area (Å²) in [6, 6.07) is 5.42. The number of alkyl halides is 1. The van der Waals surface area contributed by atoms with E-state index in [0.717, 1.165) is 5.69 Å². The predicted molar refractivity (Wildman–Crippen MR) is 44.6 cm³/mol. The predicted octanol–water partition coefficient (Wildman–Crippen LogP) is 1.49. The van der Waals surface area contributed by atoms with Crippen LogP contribution in [0.2, 0.25) is 0 Å². The molecule has 0 bridgehead atoms. The number of pyridine rings is 1. The molecule has 0 atom stereocenters. The van der Waals surface area contributed by atoms with E-state index in [9.17, 15) is 4.79 Å². The van der Waals surface area contributed by atoms with Crippen LogP contribution in [0.3, 0.4) is 0 Å². The molecule has 64 valence electrons. The maximum Gasteiger partial charge on any atom is 0.293 e. The molecule has 0 N–H and O–H groups in total. The summed E-state index contributed by atoms with van der Waals surface area (Å²) in [7, 11) is 0. The van der Waals surface area contributed by atoms with E-state index in [1.54, 1.807) is 6.07 Å². The van der Waals surface area contributed by atoms with Crippen LogP contribution in [0, 0.1) is 0 Å². The van der Waals surface area contributed by atoms with Crippen LogP contribution in [0.5, 0.6) is 0 Å². The van der Waals surface area contributed by atoms with Crippen molar-refractivity contribution in [2.24, 2.45) is 0 Å². The number of ether oxygens (including phenoxy) is 1. The number of hydrogen-bond acceptors (Lipinski definition) is 3. The van der Waals surface area contributed by atoms with E-state index in [0.29, 0.717) is 18.0 Å². The molecule has 0 spiro atoms. The minimum Gasteiger partial charge on any atom is -0.461 e. The molecule has 0 fully saturated rings. The van der Waals surface area contributed by atoms with Gasteiger partial charge in [-0.05, 0) is 12.1 Å². The standard InChI is InChI=1S/C8H8ClNO2/c9-4-7-2-1-3-8(10-7)5-12-6-11/h1-3,6H,4-5H2. The monoisotopic (exact) mass is 185 g/mol. The molecule has 1 aromatic heterocycles. The Balaban J connectivity index is 2.65. The number of hydrogen-bond donors (Lipinski definition) is 0. The SMILES string of the molecule is O=COCc1cccc(CCl)n1. The molecule has 0 radical (unpaired) electrons. The molecular formula is C8H8ClNO2. The number of aromatic nitrogens is 1. The van der Waals surface area contributed by atoms with Crippen LogP contribution >= 0.6 is 11.6 Å². The van der Waals surface area contributed by atoms with Crippen LogP contribution < -0.4 is 0 Å². The van der Waals surface area contributed by atoms with E-state index in [4.69, 9.17) is 11.6 Å². The highest BCUT2D eigenvalue weighted by Crippen LogP contribution is 2.02. The third-order valence-corrected chi connectivity index (χ3v) is 1.57. The van der Waals surface area contributed by atoms with Crippen LogP contribution in [0.25, 0.3) is 0 Å². The van der Waals surface area contributed by atoms with Gasteiger partial charge in [-0.15, -0.1) is 11.6 Å². The lowest BCUT2D eigenvalue weighted by Crippen LogP contribution is -1.95. The first-order chi connectivity index (χ1) is 5.86. The highest BCUT2D eigenvalue weighted by Gasteiger charge is 1.95. The first-order valence-electron chi connectivity index (χ1n) is 3.43. The Bertz CT molecular complexity index is 265. The van der Waals surface area contributed by atoms with Crippen molar-refractivity contribution in [3.05, 3.63) is 29.6 Å². The van der Waals surface area contributed by atoms with Crippen LogP contribution in [-0.4, -0.2) is 11.5 Å². The van der Waals surface area contributed by atoms with Crippen LogP contribution in [0.4, 0.5) is 0 Å². The molecule has 1 heterocycles. The molecule has 12 heavy (non-hydrogen) atoms. The second kappa shape index (κ2) is 4.72. The summed E-state index contributed by atoms with van der Waals surface area (Å²) in [6.07, 6.45) is 0. The molecule has 1 rings (SSSR count). The minimum atomic E-state index is 0.203. The molecule has 0 aliphatic heterocycles. The zero-order valence-electron chi connectivity index (χ0n) is 6.37. The lowest BCUT2D eigenvalue weighted by Gasteiger charge is -1.99. The van der Waals surface area contributed by atoms with Gasteiger partial charge in [0.1, 0.15) is 6.61 Å². The summed E-state index contributed by atoms with van der Waals surface area (Å²) >= 11 is 5.56. The Morgan fingerprint density at radius 3 is 2.92 bits per heavy atom. The molecule has 3 nitrogen and oxygen atoms in total. The van der Waals surface area contributed by atoms with Gasteiger partial charge in [0.2, 0.25) is 0 Å². The topological polar surface area (TPSA) is 39.2 Å². The van der Waals surface area contributed by atoms with Gasteiger partial charge in [0.25, 0.3) is 6.47 Å². The fourth-order valence-electron chi connectivity index (χ4n) is 0.803. The molecule has 0 amide bonds. The first-order valence-corrected chi connectivity index (χ1v) is 3.96. The fraction of sp³-hybridized carbons (Fsp3) is 0.250. The largest absolute Gasteiger partial charge is 0.461 e. The number of halogens is 1. The lowest BCUT2D eigenvalue weighted by molar-refractivity contribution is -0.129. The first kappa shape index (κ1) is 9.00. The highest BCUT2D eigenvalue weighted by atomic mass is 35.5. The highest BCUT2D eigenvalue weighted by molar-refractivity contribution is 6.16. The van der Waals surface area contributed by atoms with Gasteiger partial charge in [-0.3, -0.25) is 9.78 Å². The van der Waals surface area contributed by atoms with E-state index < -0.39 is 0 Å². The number of rotatable bonds is 4. The minimum absolute atomic E-state index is 0.203. The van der Waals surface area contributed by atoms with E-state index in [1.807, 2.05) is 12.1 Å². The summed E-state index contributed by atoms with van der Waals surface area (Å²) < 4.78 is 4.53. The van der Waals surface area contributed by atoms with Gasteiger partial charge in [-0.1, -0.05) is 6.07 Å². The van der Waals surface area contributed by atoms with Crippen molar-refractivity contribution in [2.75, 3.05) is 0 Å². The summed E-state index contributed by atoms with van der Waals surface area (Å²) in [4.78, 5) is 14.0. The van der Waals surface area contributed by atoms with Gasteiger partial charge in [0, 0.05) is 0 Å². The zero-order chi connectivity index (χ0) is 8.81. The third-order valence-electron chi connectivity index (χ3n) is 1.30. The molecule has 0 saturated carbocycles. The van der Waals surface area contributed by atoms with Gasteiger partial charge in [-0.25, -0.2) is 0 Å². The number of carbonyl (C=O) groups excluding carboxylic acids is 1. The van der Waals surface area contributed by atoms with Crippen molar-refractivity contribution < 1.29 is 9.53 Å². The second-order valence-electron chi connectivity index (χ2n) is 2.16. The molecule has 4 heteroatoms. The van der Waals surface area contributed by atoms with E-state index >= 15 is 0 Å². The quantitative estimate of drug-likeness (QED) is 0.527. The van der Waals surface area contributed by atoms with Crippen molar-refractivity contribution in [1.29, 1.82) is 0 Å². The number of carbonyl (C=O) groups is 1. The third kappa shape index (κ3) is 2.51. The molecular weight excluding hydrogens is 178 g/mol. The maximum absolute atomic E-state index is 9.86. The van der Waals surface area contributed by atoms with Gasteiger partial charge in [-0.2, -0.15) is 0 Å². The average molecular weight is 186 g/mol. The molecule has 0 aliphatic rings. The van der Waals surface area contributed by atoms with E-state index in [-0.39, 0.29) is 6.61 Å². The Morgan fingerprint density at radius 2 is 2.25 bits per heavy atom. The van der Waals surface area contributed by atoms with Crippen molar-refractivity contribution >= 4 is 18.1 Å². The van der Waals surface area contributed by atoms with E-state index in [2.05, 4.69) is 9.72 Å². The Kier molecular flexibility index (Phi) is 3.54. The van der Waals surface area contributed by atoms with Crippen molar-refractivity contribution in [3.63, 3.8) is 0 Å². The van der Waals surface area contributed by atoms with Gasteiger partial charge < -0.3 is 4.74 Å². The smallest absolute Gasteiger partial charge is 0.293 e. The lowest BCUT2D eigenvalue weighted by atomic mass is 10.3. The van der Waals surface area contributed by atoms with Crippen molar-refractivity contribution in [2.45, 2.75) is 12.5 Å². The Morgan fingerprint density at radius 1 is 1.50 bits per heavy atom. The summed E-state index contributed by atoms with van der Waals surface area (Å²) in [6.45, 7) is 0.600. The Hall–Kier alpha value is -1.09. The van der Waals surface area contributed by atoms with Crippen molar-refractivity contribution in [1.82, 2.24) is 4.98 Å². The summed E-state index contributed by atoms with van der Waals surface area (Å²) in [5, 5.41) is 0. The summed E-state index contributed by atoms with van der Waals surface area (Å²) in [5.74, 6) is 0.370. The average Bonchev–Trinajstić information content (AvgIpc) is 2.15. The van der Waals surface area contributed by atoms with Gasteiger partial charge >= 0.3 is 0 Å². The molecule has 0 saturated heterocycles. The van der Waals surface area contributed by atoms with Crippen molar-refractivity contribution in [3.8, 4) is 0 Å². The van der Waals surface area contributed by atoms with Gasteiger partial charge in [0.05, 0.1) is 17.3 Å². The maximum atomic E-state index is 9.86. The van der Waals surface area contributed by atoms with Crippen LogP contribution in [0.15, 0.2) is 18.2 Å². The fourth-order valence-corrected chi connectivity index (χ4v) is 0.952. The van der Waals surface area contributed by atoms with Gasteiger partial charge in [0.15, 0.2) is 0 Å². The van der Waals surface area contributed by atoms with Crippen LogP contribution in [0.1, 0.15) is 11.4 Å². The number of nitrogens with zero attached hydrogens (tertiary/aromatic N) is 1. The zero-order valence-corrected chi connectivity index (χ0v) is 7.12. The molecule has 0 unspecified atom stereocenters. The second-order valence-corrected chi connectivity index (χ2v) is 2.43.